The molecule has 0 heterocycles. The molecule has 0 radical (unpaired) electrons. The number of aryl methyl sites for hydroxylation is 1. The summed E-state index contributed by atoms with van der Waals surface area (Å²) in [7, 11) is 0. The fourth-order valence-electron chi connectivity index (χ4n) is 2.36. The van der Waals surface area contributed by atoms with E-state index in [9.17, 15) is 0 Å². The van der Waals surface area contributed by atoms with Gasteiger partial charge in [-0.15, -0.1) is 0 Å². The molecule has 0 N–H and O–H groups in total. The lowest BCUT2D eigenvalue weighted by molar-refractivity contribution is 0.478. The second-order valence-corrected chi connectivity index (χ2v) is 5.96. The molecule has 0 saturated heterocycles. The van der Waals surface area contributed by atoms with Gasteiger partial charge in [-0.1, -0.05) is 51.3 Å². The molecule has 0 fully saturated rings. The first-order valence-corrected chi connectivity index (χ1v) is 7.17. The quantitative estimate of drug-likeness (QED) is 0.585. The summed E-state index contributed by atoms with van der Waals surface area (Å²) < 4.78 is 0. The average molecular weight is 253 g/mol. The molecule has 0 amide bonds. The minimum absolute atomic E-state index is 0.680. The van der Waals surface area contributed by atoms with Crippen LogP contribution in [-0.2, 0) is 0 Å². The third-order valence-corrected chi connectivity index (χ3v) is 3.48. The first kappa shape index (κ1) is 14.6. The summed E-state index contributed by atoms with van der Waals surface area (Å²) >= 11 is 6.16. The Labute approximate surface area is 111 Å². The Kier molecular flexibility index (Phi) is 6.05. The summed E-state index contributed by atoms with van der Waals surface area (Å²) in [5.41, 5.74) is 2.70. The summed E-state index contributed by atoms with van der Waals surface area (Å²) in [6.07, 6.45) is 5.10. The molecule has 1 aromatic carbocycles. The van der Waals surface area contributed by atoms with Crippen molar-refractivity contribution >= 4 is 11.6 Å². The molecule has 1 atom stereocenters. The van der Waals surface area contributed by atoms with Gasteiger partial charge in [0.25, 0.3) is 0 Å². The highest BCUT2D eigenvalue weighted by molar-refractivity contribution is 6.30. The van der Waals surface area contributed by atoms with E-state index in [2.05, 4.69) is 39.8 Å². The minimum atomic E-state index is 0.680. The molecule has 0 aliphatic heterocycles. The Hall–Kier alpha value is -0.490. The lowest BCUT2D eigenvalue weighted by atomic mass is 9.87. The largest absolute Gasteiger partial charge is 0.0843 e. The van der Waals surface area contributed by atoms with Crippen molar-refractivity contribution in [3.63, 3.8) is 0 Å². The third-order valence-electron chi connectivity index (χ3n) is 3.27. The molecular formula is C16H25Cl. The van der Waals surface area contributed by atoms with Crippen molar-refractivity contribution in [2.24, 2.45) is 5.92 Å². The van der Waals surface area contributed by atoms with Crippen molar-refractivity contribution < 1.29 is 0 Å². The molecular weight excluding hydrogens is 228 g/mol. The van der Waals surface area contributed by atoms with E-state index in [1.807, 2.05) is 6.07 Å². The zero-order chi connectivity index (χ0) is 12.8. The maximum absolute atomic E-state index is 6.16. The lowest BCUT2D eigenvalue weighted by Crippen LogP contribution is -2.01. The van der Waals surface area contributed by atoms with Crippen LogP contribution in [0, 0.1) is 12.8 Å². The topological polar surface area (TPSA) is 0 Å². The normalized spacial score (nSPS) is 13.1. The predicted octanol–water partition coefficient (Wildman–Crippen LogP) is 5.97. The number of hydrogen-bond acceptors (Lipinski definition) is 0. The van der Waals surface area contributed by atoms with Crippen LogP contribution >= 0.6 is 11.6 Å². The average Bonchev–Trinajstić information content (AvgIpc) is 2.22. The van der Waals surface area contributed by atoms with Crippen LogP contribution in [0.1, 0.15) is 63.5 Å². The molecule has 0 nitrogen and oxygen atoms in total. The SMILES string of the molecule is CCCC(CCC(C)C)c1cc(C)cc(Cl)c1. The zero-order valence-electron chi connectivity index (χ0n) is 11.6. The van der Waals surface area contributed by atoms with Crippen molar-refractivity contribution in [2.45, 2.75) is 59.3 Å². The van der Waals surface area contributed by atoms with Crippen molar-refractivity contribution in [1.82, 2.24) is 0 Å². The molecule has 0 aliphatic carbocycles. The second kappa shape index (κ2) is 7.06. The van der Waals surface area contributed by atoms with Gasteiger partial charge in [0.05, 0.1) is 0 Å². The van der Waals surface area contributed by atoms with Crippen LogP contribution in [0.25, 0.3) is 0 Å². The molecule has 1 aromatic rings. The van der Waals surface area contributed by atoms with Gasteiger partial charge in [0.2, 0.25) is 0 Å². The molecule has 17 heavy (non-hydrogen) atoms. The number of halogens is 1. The molecule has 1 rings (SSSR count). The lowest BCUT2D eigenvalue weighted by Gasteiger charge is -2.18. The van der Waals surface area contributed by atoms with Gasteiger partial charge in [0.15, 0.2) is 0 Å². The van der Waals surface area contributed by atoms with Gasteiger partial charge in [0.1, 0.15) is 0 Å². The number of benzene rings is 1. The van der Waals surface area contributed by atoms with Crippen molar-refractivity contribution in [3.05, 3.63) is 34.3 Å². The van der Waals surface area contributed by atoms with E-state index in [0.29, 0.717) is 5.92 Å². The first-order valence-electron chi connectivity index (χ1n) is 6.80. The van der Waals surface area contributed by atoms with E-state index in [-0.39, 0.29) is 0 Å². The highest BCUT2D eigenvalue weighted by atomic mass is 35.5. The van der Waals surface area contributed by atoms with Gasteiger partial charge in [-0.2, -0.15) is 0 Å². The molecule has 0 bridgehead atoms. The Bertz CT molecular complexity index is 321. The summed E-state index contributed by atoms with van der Waals surface area (Å²) in [6.45, 7) is 8.99. The van der Waals surface area contributed by atoms with Crippen molar-refractivity contribution in [1.29, 1.82) is 0 Å². The predicted molar refractivity (Wildman–Crippen MR) is 77.9 cm³/mol. The van der Waals surface area contributed by atoms with Gasteiger partial charge >= 0.3 is 0 Å². The highest BCUT2D eigenvalue weighted by Crippen LogP contribution is 2.30. The van der Waals surface area contributed by atoms with Crippen molar-refractivity contribution in [3.8, 4) is 0 Å². The molecule has 1 unspecified atom stereocenters. The van der Waals surface area contributed by atoms with E-state index >= 15 is 0 Å². The number of rotatable bonds is 6. The summed E-state index contributed by atoms with van der Waals surface area (Å²) in [6, 6.07) is 6.48. The Morgan fingerprint density at radius 3 is 2.29 bits per heavy atom. The van der Waals surface area contributed by atoms with E-state index in [4.69, 9.17) is 11.6 Å². The molecule has 0 aliphatic rings. The van der Waals surface area contributed by atoms with Crippen LogP contribution in [0.15, 0.2) is 18.2 Å². The van der Waals surface area contributed by atoms with Gasteiger partial charge in [-0.05, 0) is 54.9 Å². The molecule has 1 heteroatoms. The van der Waals surface area contributed by atoms with Crippen LogP contribution in [0.3, 0.4) is 0 Å². The monoisotopic (exact) mass is 252 g/mol. The number of hydrogen-bond donors (Lipinski definition) is 0. The summed E-state index contributed by atoms with van der Waals surface area (Å²) in [5.74, 6) is 1.47. The fourth-order valence-corrected chi connectivity index (χ4v) is 2.66. The maximum Gasteiger partial charge on any atom is 0.0411 e. The zero-order valence-corrected chi connectivity index (χ0v) is 12.3. The second-order valence-electron chi connectivity index (χ2n) is 5.52. The van der Waals surface area contributed by atoms with Crippen LogP contribution in [0.4, 0.5) is 0 Å². The van der Waals surface area contributed by atoms with Crippen LogP contribution in [0.5, 0.6) is 0 Å². The first-order chi connectivity index (χ1) is 8.02. The van der Waals surface area contributed by atoms with E-state index in [1.165, 1.54) is 36.8 Å². The fraction of sp³-hybridized carbons (Fsp3) is 0.625. The summed E-state index contributed by atoms with van der Waals surface area (Å²) in [4.78, 5) is 0. The molecule has 0 spiro atoms. The maximum atomic E-state index is 6.16. The Morgan fingerprint density at radius 1 is 1.06 bits per heavy atom. The molecule has 96 valence electrons. The summed E-state index contributed by atoms with van der Waals surface area (Å²) in [5, 5.41) is 0.880. The Balaban J connectivity index is 2.80. The van der Waals surface area contributed by atoms with E-state index in [1.54, 1.807) is 0 Å². The highest BCUT2D eigenvalue weighted by Gasteiger charge is 2.12. The minimum Gasteiger partial charge on any atom is -0.0843 e. The van der Waals surface area contributed by atoms with Gasteiger partial charge in [0, 0.05) is 5.02 Å². The standard InChI is InChI=1S/C16H25Cl/c1-5-6-14(8-7-12(2)3)15-9-13(4)10-16(17)11-15/h9-12,14H,5-8H2,1-4H3. The van der Waals surface area contributed by atoms with Gasteiger partial charge in [-0.25, -0.2) is 0 Å². The third kappa shape index (κ3) is 5.12. The Morgan fingerprint density at radius 2 is 1.76 bits per heavy atom. The molecule has 0 aromatic heterocycles. The molecule has 0 saturated carbocycles. The smallest absolute Gasteiger partial charge is 0.0411 e. The van der Waals surface area contributed by atoms with Gasteiger partial charge < -0.3 is 0 Å². The van der Waals surface area contributed by atoms with Crippen LogP contribution in [-0.4, -0.2) is 0 Å². The van der Waals surface area contributed by atoms with E-state index < -0.39 is 0 Å². The van der Waals surface area contributed by atoms with Crippen molar-refractivity contribution in [2.75, 3.05) is 0 Å². The van der Waals surface area contributed by atoms with Crippen LogP contribution < -0.4 is 0 Å². The van der Waals surface area contributed by atoms with E-state index in [0.717, 1.165) is 10.9 Å². The van der Waals surface area contributed by atoms with Gasteiger partial charge in [-0.3, -0.25) is 0 Å². The van der Waals surface area contributed by atoms with Crippen LogP contribution in [0.2, 0.25) is 5.02 Å².